The SMILES string of the molecule is Cc1c(C)c2c(c(C)c1O)CCC(C)(C(=O)NS(C)(=O)=O)O2. The highest BCUT2D eigenvalue weighted by molar-refractivity contribution is 7.89. The van der Waals surface area contributed by atoms with E-state index in [1.165, 1.54) is 0 Å². The summed E-state index contributed by atoms with van der Waals surface area (Å²) in [7, 11) is -3.64. The molecule has 0 aromatic heterocycles. The molecule has 1 amide bonds. The molecule has 2 N–H and O–H groups in total. The molecule has 1 aliphatic rings. The maximum Gasteiger partial charge on any atom is 0.277 e. The molecule has 1 unspecified atom stereocenters. The monoisotopic (exact) mass is 327 g/mol. The van der Waals surface area contributed by atoms with Crippen molar-refractivity contribution in [2.75, 3.05) is 6.26 Å². The summed E-state index contributed by atoms with van der Waals surface area (Å²) < 4.78 is 30.4. The van der Waals surface area contributed by atoms with Crippen LogP contribution in [0.5, 0.6) is 11.5 Å². The summed E-state index contributed by atoms with van der Waals surface area (Å²) in [6, 6.07) is 0. The Morgan fingerprint density at radius 2 is 1.82 bits per heavy atom. The Balaban J connectivity index is 2.46. The first-order valence-electron chi connectivity index (χ1n) is 6.99. The Labute approximate surface area is 130 Å². The smallest absolute Gasteiger partial charge is 0.277 e. The zero-order chi connectivity index (χ0) is 16.9. The van der Waals surface area contributed by atoms with E-state index in [9.17, 15) is 18.3 Å². The number of phenols is 1. The molecular weight excluding hydrogens is 306 g/mol. The normalized spacial score (nSPS) is 21.0. The number of benzene rings is 1. The van der Waals surface area contributed by atoms with Gasteiger partial charge >= 0.3 is 0 Å². The van der Waals surface area contributed by atoms with Gasteiger partial charge in [-0.25, -0.2) is 13.1 Å². The van der Waals surface area contributed by atoms with E-state index in [0.29, 0.717) is 24.2 Å². The van der Waals surface area contributed by atoms with Crippen molar-refractivity contribution >= 4 is 15.9 Å². The molecule has 1 aromatic rings. The fraction of sp³-hybridized carbons (Fsp3) is 0.533. The maximum absolute atomic E-state index is 12.2. The van der Waals surface area contributed by atoms with Crippen LogP contribution in [0.2, 0.25) is 0 Å². The largest absolute Gasteiger partial charge is 0.507 e. The van der Waals surface area contributed by atoms with Crippen LogP contribution >= 0.6 is 0 Å². The molecule has 0 radical (unpaired) electrons. The van der Waals surface area contributed by atoms with Crippen molar-refractivity contribution in [2.45, 2.75) is 46.1 Å². The van der Waals surface area contributed by atoms with Gasteiger partial charge in [-0.3, -0.25) is 4.79 Å². The lowest BCUT2D eigenvalue weighted by atomic mass is 9.87. The van der Waals surface area contributed by atoms with E-state index in [0.717, 1.165) is 22.9 Å². The summed E-state index contributed by atoms with van der Waals surface area (Å²) in [6.07, 6.45) is 1.80. The summed E-state index contributed by atoms with van der Waals surface area (Å²) in [5.41, 5.74) is 1.81. The number of fused-ring (bicyclic) bond motifs is 1. The van der Waals surface area contributed by atoms with Crippen LogP contribution in [0.4, 0.5) is 0 Å². The predicted octanol–water partition coefficient (Wildman–Crippen LogP) is 1.48. The van der Waals surface area contributed by atoms with Gasteiger partial charge < -0.3 is 9.84 Å². The molecule has 1 atom stereocenters. The minimum atomic E-state index is -3.64. The lowest BCUT2D eigenvalue weighted by molar-refractivity contribution is -0.134. The molecule has 6 nitrogen and oxygen atoms in total. The van der Waals surface area contributed by atoms with Crippen LogP contribution < -0.4 is 9.46 Å². The fourth-order valence-corrected chi connectivity index (χ4v) is 3.24. The van der Waals surface area contributed by atoms with E-state index in [1.54, 1.807) is 13.8 Å². The first-order chi connectivity index (χ1) is 9.96. The highest BCUT2D eigenvalue weighted by atomic mass is 32.2. The van der Waals surface area contributed by atoms with Crippen LogP contribution in [0, 0.1) is 20.8 Å². The van der Waals surface area contributed by atoms with Crippen LogP contribution in [0.25, 0.3) is 0 Å². The second-order valence-electron chi connectivity index (χ2n) is 6.07. The number of phenolic OH excluding ortho intramolecular Hbond substituents is 1. The van der Waals surface area contributed by atoms with E-state index in [2.05, 4.69) is 0 Å². The van der Waals surface area contributed by atoms with Gasteiger partial charge in [0.05, 0.1) is 6.26 Å². The summed E-state index contributed by atoms with van der Waals surface area (Å²) >= 11 is 0. The van der Waals surface area contributed by atoms with Crippen molar-refractivity contribution in [3.05, 3.63) is 22.3 Å². The highest BCUT2D eigenvalue weighted by Crippen LogP contribution is 2.43. The van der Waals surface area contributed by atoms with Gasteiger partial charge in [-0.15, -0.1) is 0 Å². The number of amides is 1. The molecule has 0 bridgehead atoms. The van der Waals surface area contributed by atoms with Crippen LogP contribution in [0.1, 0.15) is 35.6 Å². The van der Waals surface area contributed by atoms with Gasteiger partial charge in [-0.05, 0) is 50.8 Å². The highest BCUT2D eigenvalue weighted by Gasteiger charge is 2.41. The van der Waals surface area contributed by atoms with Gasteiger partial charge in [0.2, 0.25) is 10.0 Å². The predicted molar refractivity (Wildman–Crippen MR) is 82.7 cm³/mol. The Hall–Kier alpha value is -1.76. The van der Waals surface area contributed by atoms with E-state index in [4.69, 9.17) is 4.74 Å². The number of nitrogens with one attached hydrogen (secondary N) is 1. The van der Waals surface area contributed by atoms with Gasteiger partial charge in [-0.1, -0.05) is 0 Å². The van der Waals surface area contributed by atoms with Crippen molar-refractivity contribution in [2.24, 2.45) is 0 Å². The second-order valence-corrected chi connectivity index (χ2v) is 7.82. The number of aromatic hydroxyl groups is 1. The van der Waals surface area contributed by atoms with E-state index in [1.807, 2.05) is 18.6 Å². The van der Waals surface area contributed by atoms with Crippen LogP contribution in [-0.4, -0.2) is 31.3 Å². The van der Waals surface area contributed by atoms with Crippen LogP contribution in [0.15, 0.2) is 0 Å². The number of ether oxygens (including phenoxy) is 1. The first kappa shape index (κ1) is 16.6. The van der Waals surface area contributed by atoms with E-state index < -0.39 is 21.5 Å². The number of hydrogen-bond donors (Lipinski definition) is 2. The third kappa shape index (κ3) is 2.77. The number of carbonyl (C=O) groups is 1. The minimum Gasteiger partial charge on any atom is -0.507 e. The molecule has 1 heterocycles. The van der Waals surface area contributed by atoms with E-state index in [-0.39, 0.29) is 5.75 Å². The summed E-state index contributed by atoms with van der Waals surface area (Å²) in [6.45, 7) is 6.98. The van der Waals surface area contributed by atoms with Crippen LogP contribution in [0.3, 0.4) is 0 Å². The molecule has 0 fully saturated rings. The van der Waals surface area contributed by atoms with Gasteiger partial charge in [0, 0.05) is 12.0 Å². The molecule has 1 aromatic carbocycles. The molecular formula is C15H21NO5S. The summed E-state index contributed by atoms with van der Waals surface area (Å²) in [5.74, 6) is 0.123. The van der Waals surface area contributed by atoms with Crippen molar-refractivity contribution < 1.29 is 23.1 Å². The number of rotatable bonds is 2. The quantitative estimate of drug-likeness (QED) is 0.858. The lowest BCUT2D eigenvalue weighted by Crippen LogP contribution is -2.52. The first-order valence-corrected chi connectivity index (χ1v) is 8.88. The average molecular weight is 327 g/mol. The third-order valence-corrected chi connectivity index (χ3v) is 4.83. The van der Waals surface area contributed by atoms with Crippen molar-refractivity contribution in [1.82, 2.24) is 4.72 Å². The maximum atomic E-state index is 12.2. The Morgan fingerprint density at radius 1 is 1.23 bits per heavy atom. The fourth-order valence-electron chi connectivity index (χ4n) is 2.68. The van der Waals surface area contributed by atoms with Gasteiger partial charge in [0.15, 0.2) is 5.60 Å². The third-order valence-electron chi connectivity index (χ3n) is 4.28. The Morgan fingerprint density at radius 3 is 2.36 bits per heavy atom. The number of sulfonamides is 1. The zero-order valence-electron chi connectivity index (χ0n) is 13.4. The standard InChI is InChI=1S/C15H21NO5S/c1-8-9(2)13-11(10(3)12(8)17)6-7-15(4,21-13)14(18)16-22(5,19)20/h17H,6-7H2,1-5H3,(H,16,18). The summed E-state index contributed by atoms with van der Waals surface area (Å²) in [5, 5.41) is 10.1. The van der Waals surface area contributed by atoms with Gasteiger partial charge in [0.1, 0.15) is 11.5 Å². The molecule has 7 heteroatoms. The summed E-state index contributed by atoms with van der Waals surface area (Å²) in [4.78, 5) is 12.2. The number of carbonyl (C=O) groups excluding carboxylic acids is 1. The molecule has 0 aliphatic carbocycles. The molecule has 0 saturated heterocycles. The molecule has 1 aliphatic heterocycles. The molecule has 2 rings (SSSR count). The molecule has 0 spiro atoms. The Bertz CT molecular complexity index is 754. The Kier molecular flexibility index (Phi) is 3.89. The van der Waals surface area contributed by atoms with Crippen LogP contribution in [-0.2, 0) is 21.2 Å². The van der Waals surface area contributed by atoms with Gasteiger partial charge in [0.25, 0.3) is 5.91 Å². The topological polar surface area (TPSA) is 92.7 Å². The molecule has 22 heavy (non-hydrogen) atoms. The van der Waals surface area contributed by atoms with Gasteiger partial charge in [-0.2, -0.15) is 0 Å². The van der Waals surface area contributed by atoms with Crippen molar-refractivity contribution in [3.8, 4) is 11.5 Å². The average Bonchev–Trinajstić information content (AvgIpc) is 2.41. The molecule has 0 saturated carbocycles. The second kappa shape index (κ2) is 5.15. The lowest BCUT2D eigenvalue weighted by Gasteiger charge is -2.36. The number of hydrogen-bond acceptors (Lipinski definition) is 5. The molecule has 122 valence electrons. The minimum absolute atomic E-state index is 0.240. The van der Waals surface area contributed by atoms with Crippen molar-refractivity contribution in [3.63, 3.8) is 0 Å². The zero-order valence-corrected chi connectivity index (χ0v) is 14.2. The van der Waals surface area contributed by atoms with E-state index >= 15 is 0 Å². The van der Waals surface area contributed by atoms with Crippen molar-refractivity contribution in [1.29, 1.82) is 0 Å².